The van der Waals surface area contributed by atoms with Crippen LogP contribution in [0.1, 0.15) is 13.8 Å². The summed E-state index contributed by atoms with van der Waals surface area (Å²) in [6, 6.07) is 3.03. The van der Waals surface area contributed by atoms with Crippen LogP contribution in [0.2, 0.25) is 5.02 Å². The van der Waals surface area contributed by atoms with Crippen LogP contribution in [0, 0.1) is 5.82 Å². The van der Waals surface area contributed by atoms with E-state index >= 15 is 0 Å². The highest BCUT2D eigenvalue weighted by molar-refractivity contribution is 6.31. The van der Waals surface area contributed by atoms with Crippen molar-refractivity contribution >= 4 is 23.0 Å². The number of benzene rings is 1. The minimum Gasteiger partial charge on any atom is -0.397 e. The van der Waals surface area contributed by atoms with Gasteiger partial charge in [-0.1, -0.05) is 11.6 Å². The third kappa shape index (κ3) is 2.48. The van der Waals surface area contributed by atoms with Gasteiger partial charge < -0.3 is 15.4 Å². The fourth-order valence-corrected chi connectivity index (χ4v) is 2.21. The van der Waals surface area contributed by atoms with Crippen LogP contribution in [0.3, 0.4) is 0 Å². The lowest BCUT2D eigenvalue weighted by Gasteiger charge is -2.39. The van der Waals surface area contributed by atoms with Crippen LogP contribution in [-0.4, -0.2) is 25.3 Å². The summed E-state index contributed by atoms with van der Waals surface area (Å²) in [4.78, 5) is 2.06. The standard InChI is InChI=1S/C12H16ClFN2O/c1-7-6-17-8(2)5-16(7)12-4-10(14)9(13)3-11(12)15/h3-4,7-8H,5-6,15H2,1-2H3. The van der Waals surface area contributed by atoms with Crippen molar-refractivity contribution < 1.29 is 9.13 Å². The van der Waals surface area contributed by atoms with Crippen LogP contribution in [-0.2, 0) is 4.74 Å². The molecule has 1 fully saturated rings. The Kier molecular flexibility index (Phi) is 3.45. The molecule has 1 heterocycles. The van der Waals surface area contributed by atoms with Gasteiger partial charge in [0.1, 0.15) is 5.82 Å². The molecule has 1 aromatic rings. The highest BCUT2D eigenvalue weighted by atomic mass is 35.5. The summed E-state index contributed by atoms with van der Waals surface area (Å²) >= 11 is 5.69. The zero-order valence-corrected chi connectivity index (χ0v) is 10.7. The SMILES string of the molecule is CC1CN(c2cc(F)c(Cl)cc2N)C(C)CO1. The smallest absolute Gasteiger partial charge is 0.144 e. The predicted molar refractivity (Wildman–Crippen MR) is 68.0 cm³/mol. The van der Waals surface area contributed by atoms with Crippen molar-refractivity contribution in [2.45, 2.75) is 26.0 Å². The van der Waals surface area contributed by atoms with E-state index in [1.165, 1.54) is 12.1 Å². The summed E-state index contributed by atoms with van der Waals surface area (Å²) in [5, 5.41) is 0.0558. The summed E-state index contributed by atoms with van der Waals surface area (Å²) in [5.41, 5.74) is 7.08. The van der Waals surface area contributed by atoms with Crippen molar-refractivity contribution in [3.05, 3.63) is 23.0 Å². The highest BCUT2D eigenvalue weighted by Gasteiger charge is 2.25. The van der Waals surface area contributed by atoms with E-state index in [0.29, 0.717) is 24.5 Å². The minimum absolute atomic E-state index is 0.0558. The molecule has 1 aliphatic rings. The van der Waals surface area contributed by atoms with E-state index in [2.05, 4.69) is 4.90 Å². The number of hydrogen-bond acceptors (Lipinski definition) is 3. The molecule has 0 aromatic heterocycles. The highest BCUT2D eigenvalue weighted by Crippen LogP contribution is 2.31. The van der Waals surface area contributed by atoms with E-state index in [9.17, 15) is 4.39 Å². The quantitative estimate of drug-likeness (QED) is 0.787. The van der Waals surface area contributed by atoms with Gasteiger partial charge in [-0.05, 0) is 19.9 Å². The van der Waals surface area contributed by atoms with Crippen molar-refractivity contribution in [1.82, 2.24) is 0 Å². The van der Waals surface area contributed by atoms with Gasteiger partial charge in [0.2, 0.25) is 0 Å². The van der Waals surface area contributed by atoms with Crippen LogP contribution in [0.25, 0.3) is 0 Å². The van der Waals surface area contributed by atoms with Crippen molar-refractivity contribution in [1.29, 1.82) is 0 Å². The van der Waals surface area contributed by atoms with Gasteiger partial charge in [0.05, 0.1) is 29.1 Å². The Balaban J connectivity index is 2.35. The molecule has 1 aliphatic heterocycles. The van der Waals surface area contributed by atoms with Gasteiger partial charge in [-0.2, -0.15) is 0 Å². The van der Waals surface area contributed by atoms with Gasteiger partial charge in [0, 0.05) is 18.7 Å². The molecule has 0 saturated carbocycles. The Morgan fingerprint density at radius 1 is 1.47 bits per heavy atom. The minimum atomic E-state index is -0.442. The molecule has 2 N–H and O–H groups in total. The van der Waals surface area contributed by atoms with Gasteiger partial charge >= 0.3 is 0 Å². The van der Waals surface area contributed by atoms with Crippen LogP contribution >= 0.6 is 11.6 Å². The second-order valence-electron chi connectivity index (χ2n) is 4.47. The lowest BCUT2D eigenvalue weighted by Crippen LogP contribution is -2.47. The van der Waals surface area contributed by atoms with Gasteiger partial charge in [0.25, 0.3) is 0 Å². The lowest BCUT2D eigenvalue weighted by molar-refractivity contribution is 0.0344. The molecule has 0 amide bonds. The molecule has 0 spiro atoms. The first kappa shape index (κ1) is 12.5. The molecule has 1 aromatic carbocycles. The van der Waals surface area contributed by atoms with Gasteiger partial charge in [-0.15, -0.1) is 0 Å². The van der Waals surface area contributed by atoms with Crippen LogP contribution in [0.4, 0.5) is 15.8 Å². The van der Waals surface area contributed by atoms with Crippen LogP contribution in [0.5, 0.6) is 0 Å². The average Bonchev–Trinajstić information content (AvgIpc) is 2.27. The Labute approximate surface area is 105 Å². The van der Waals surface area contributed by atoms with E-state index in [0.717, 1.165) is 0 Å². The summed E-state index contributed by atoms with van der Waals surface area (Å²) in [7, 11) is 0. The summed E-state index contributed by atoms with van der Waals surface area (Å²) in [6.45, 7) is 5.33. The third-order valence-electron chi connectivity index (χ3n) is 2.99. The number of nitrogen functional groups attached to an aromatic ring is 1. The van der Waals surface area contributed by atoms with E-state index in [1.54, 1.807) is 0 Å². The van der Waals surface area contributed by atoms with Gasteiger partial charge in [0.15, 0.2) is 0 Å². The first-order valence-electron chi connectivity index (χ1n) is 5.61. The second-order valence-corrected chi connectivity index (χ2v) is 4.88. The Hall–Kier alpha value is -1.00. The molecule has 0 radical (unpaired) electrons. The third-order valence-corrected chi connectivity index (χ3v) is 3.28. The maximum absolute atomic E-state index is 13.5. The molecule has 0 aliphatic carbocycles. The van der Waals surface area contributed by atoms with E-state index < -0.39 is 5.82 Å². The first-order chi connectivity index (χ1) is 7.99. The molecule has 2 rings (SSSR count). The fourth-order valence-electron chi connectivity index (χ4n) is 2.04. The van der Waals surface area contributed by atoms with Crippen molar-refractivity contribution in [3.8, 4) is 0 Å². The fraction of sp³-hybridized carbons (Fsp3) is 0.500. The molecule has 94 valence electrons. The zero-order chi connectivity index (χ0) is 12.6. The maximum Gasteiger partial charge on any atom is 0.144 e. The monoisotopic (exact) mass is 258 g/mol. The number of morpholine rings is 1. The van der Waals surface area contributed by atoms with Crippen molar-refractivity contribution in [2.24, 2.45) is 0 Å². The average molecular weight is 259 g/mol. The number of hydrogen-bond donors (Lipinski definition) is 1. The van der Waals surface area contributed by atoms with E-state index in [4.69, 9.17) is 22.1 Å². The predicted octanol–water partition coefficient (Wildman–Crippen LogP) is 2.67. The Morgan fingerprint density at radius 2 is 2.18 bits per heavy atom. The molecule has 1 saturated heterocycles. The molecule has 3 nitrogen and oxygen atoms in total. The van der Waals surface area contributed by atoms with Crippen molar-refractivity contribution in [2.75, 3.05) is 23.8 Å². The molecule has 2 unspecified atom stereocenters. The summed E-state index contributed by atoms with van der Waals surface area (Å²) in [6.07, 6.45) is 0.115. The second kappa shape index (κ2) is 4.70. The Morgan fingerprint density at radius 3 is 2.88 bits per heavy atom. The van der Waals surface area contributed by atoms with E-state index in [1.807, 2.05) is 13.8 Å². The number of halogens is 2. The first-order valence-corrected chi connectivity index (χ1v) is 5.99. The van der Waals surface area contributed by atoms with Crippen molar-refractivity contribution in [3.63, 3.8) is 0 Å². The molecule has 17 heavy (non-hydrogen) atoms. The van der Waals surface area contributed by atoms with Gasteiger partial charge in [-0.3, -0.25) is 0 Å². The maximum atomic E-state index is 13.5. The topological polar surface area (TPSA) is 38.5 Å². The molecular weight excluding hydrogens is 243 g/mol. The molecular formula is C12H16ClFN2O. The number of rotatable bonds is 1. The van der Waals surface area contributed by atoms with Gasteiger partial charge in [-0.25, -0.2) is 4.39 Å². The van der Waals surface area contributed by atoms with Crippen LogP contribution in [0.15, 0.2) is 12.1 Å². The molecule has 5 heteroatoms. The number of anilines is 2. The summed E-state index contributed by atoms with van der Waals surface area (Å²) in [5.74, 6) is -0.442. The van der Waals surface area contributed by atoms with E-state index in [-0.39, 0.29) is 17.2 Å². The largest absolute Gasteiger partial charge is 0.397 e. The van der Waals surface area contributed by atoms with Crippen LogP contribution < -0.4 is 10.6 Å². The molecule has 2 atom stereocenters. The number of ether oxygens (including phenoxy) is 1. The zero-order valence-electron chi connectivity index (χ0n) is 9.91. The lowest BCUT2D eigenvalue weighted by atomic mass is 10.1. The summed E-state index contributed by atoms with van der Waals surface area (Å²) < 4.78 is 19.0. The number of nitrogens with zero attached hydrogens (tertiary/aromatic N) is 1. The Bertz CT molecular complexity index is 427. The molecule has 0 bridgehead atoms. The normalized spacial score (nSPS) is 25.1. The number of nitrogens with two attached hydrogens (primary N) is 1.